The molecule has 5 rings (SSSR count). The highest BCUT2D eigenvalue weighted by Crippen LogP contribution is 2.43. The molecule has 200 valence electrons. The molecule has 0 bridgehead atoms. The number of nitrogens with zero attached hydrogens (tertiary/aromatic N) is 5. The fraction of sp³-hybridized carbons (Fsp3) is 0.609. The van der Waals surface area contributed by atoms with Gasteiger partial charge in [0.2, 0.25) is 0 Å². The minimum atomic E-state index is -0.341. The van der Waals surface area contributed by atoms with Gasteiger partial charge >= 0.3 is 0 Å². The third-order valence-electron chi connectivity index (χ3n) is 7.34. The van der Waals surface area contributed by atoms with E-state index in [-0.39, 0.29) is 57.3 Å². The first-order valence-corrected chi connectivity index (χ1v) is 12.9. The van der Waals surface area contributed by atoms with Crippen LogP contribution in [-0.4, -0.2) is 76.2 Å². The number of aryl methyl sites for hydroxylation is 1. The van der Waals surface area contributed by atoms with Gasteiger partial charge in [0.1, 0.15) is 16.5 Å². The topological polar surface area (TPSA) is 121 Å². The van der Waals surface area contributed by atoms with Crippen molar-refractivity contribution in [2.24, 2.45) is 11.1 Å². The van der Waals surface area contributed by atoms with Crippen molar-refractivity contribution in [2.75, 3.05) is 42.6 Å². The Morgan fingerprint density at radius 2 is 1.89 bits per heavy atom. The van der Waals surface area contributed by atoms with Gasteiger partial charge in [-0.3, -0.25) is 0 Å². The number of ether oxygens (including phenoxy) is 1. The van der Waals surface area contributed by atoms with Crippen LogP contribution in [0.4, 0.5) is 11.6 Å². The van der Waals surface area contributed by atoms with E-state index in [9.17, 15) is 10.2 Å². The monoisotopic (exact) mass is 574 g/mol. The molecule has 5 heterocycles. The van der Waals surface area contributed by atoms with Crippen LogP contribution in [0.1, 0.15) is 31.2 Å². The molecule has 2 atom stereocenters. The molecule has 0 saturated carbocycles. The SMILES string of the molecule is Cc1nc(N2CCC3(CC2)CO[C@@H](C)[C@H]3N)c(CO)nc1Sc1ccnc(N2CC(O)C2)c1Cl.S.S. The molecule has 36 heavy (non-hydrogen) atoms. The van der Waals surface area contributed by atoms with Crippen molar-refractivity contribution in [3.05, 3.63) is 28.7 Å². The summed E-state index contributed by atoms with van der Waals surface area (Å²) in [5.74, 6) is 1.39. The smallest absolute Gasteiger partial charge is 0.153 e. The van der Waals surface area contributed by atoms with Crippen LogP contribution in [0.15, 0.2) is 22.2 Å². The highest BCUT2D eigenvalue weighted by molar-refractivity contribution is 7.99. The van der Waals surface area contributed by atoms with Crippen molar-refractivity contribution >= 4 is 62.0 Å². The number of aromatic nitrogens is 3. The van der Waals surface area contributed by atoms with Crippen molar-refractivity contribution in [1.82, 2.24) is 15.0 Å². The number of aliphatic hydroxyl groups is 2. The highest BCUT2D eigenvalue weighted by Gasteiger charge is 2.47. The van der Waals surface area contributed by atoms with Crippen molar-refractivity contribution in [3.63, 3.8) is 0 Å². The zero-order valence-electron chi connectivity index (χ0n) is 20.4. The molecule has 2 aromatic rings. The first-order valence-electron chi connectivity index (χ1n) is 11.7. The van der Waals surface area contributed by atoms with Gasteiger partial charge in [0.05, 0.1) is 36.1 Å². The summed E-state index contributed by atoms with van der Waals surface area (Å²) in [7, 11) is 0. The molecule has 3 aliphatic heterocycles. The van der Waals surface area contributed by atoms with E-state index < -0.39 is 0 Å². The van der Waals surface area contributed by atoms with E-state index in [1.54, 1.807) is 6.20 Å². The van der Waals surface area contributed by atoms with Gasteiger partial charge in [-0.25, -0.2) is 15.0 Å². The molecule has 3 fully saturated rings. The molecule has 4 N–H and O–H groups in total. The van der Waals surface area contributed by atoms with Crippen LogP contribution in [0.3, 0.4) is 0 Å². The van der Waals surface area contributed by atoms with Gasteiger partial charge in [-0.05, 0) is 32.8 Å². The maximum absolute atomic E-state index is 10.1. The Hall–Kier alpha value is -0.990. The molecule has 2 aromatic heterocycles. The highest BCUT2D eigenvalue weighted by atomic mass is 35.5. The zero-order chi connectivity index (χ0) is 24.0. The summed E-state index contributed by atoms with van der Waals surface area (Å²) in [6.45, 7) is 7.14. The van der Waals surface area contributed by atoms with Crippen molar-refractivity contribution in [1.29, 1.82) is 0 Å². The van der Waals surface area contributed by atoms with Crippen LogP contribution in [0, 0.1) is 12.3 Å². The maximum Gasteiger partial charge on any atom is 0.153 e. The number of aliphatic hydroxyl groups excluding tert-OH is 2. The van der Waals surface area contributed by atoms with Gasteiger partial charge in [-0.2, -0.15) is 27.0 Å². The zero-order valence-corrected chi connectivity index (χ0v) is 24.0. The quantitative estimate of drug-likeness (QED) is 0.490. The Labute approximate surface area is 235 Å². The summed E-state index contributed by atoms with van der Waals surface area (Å²) in [6, 6.07) is 1.89. The third-order valence-corrected chi connectivity index (χ3v) is 8.96. The minimum Gasteiger partial charge on any atom is -0.390 e. The number of hydrogen-bond acceptors (Lipinski definition) is 10. The van der Waals surface area contributed by atoms with Crippen LogP contribution in [0.5, 0.6) is 0 Å². The standard InChI is InChI=1S/C23H31ClN6O3S.2H2S/c1-13-22(34-17-3-6-26-21(18(17)24)30-9-15(32)10-30)28-16(11-31)20(27-13)29-7-4-23(5-8-29)12-33-14(2)19(23)25;;/h3,6,14-15,19,31-32H,4-5,7-12,25H2,1-2H3;2*1H2/t14-,19+;;/m0../s1. The second-order valence-electron chi connectivity index (χ2n) is 9.54. The summed E-state index contributed by atoms with van der Waals surface area (Å²) >= 11 is 8.05. The lowest BCUT2D eigenvalue weighted by molar-refractivity contribution is 0.0973. The molecule has 0 aliphatic carbocycles. The van der Waals surface area contributed by atoms with Crippen LogP contribution < -0.4 is 15.5 Å². The maximum atomic E-state index is 10.1. The molecule has 3 saturated heterocycles. The Morgan fingerprint density at radius 1 is 1.19 bits per heavy atom. The van der Waals surface area contributed by atoms with E-state index >= 15 is 0 Å². The average molecular weight is 575 g/mol. The molecule has 0 unspecified atom stereocenters. The normalized spacial score (nSPS) is 23.3. The molecule has 3 aliphatic rings. The van der Waals surface area contributed by atoms with Gasteiger partial charge in [0, 0.05) is 48.7 Å². The Balaban J connectivity index is 0.00000180. The lowest BCUT2D eigenvalue weighted by Crippen LogP contribution is -2.51. The number of halogens is 1. The number of β-amino-alcohol motifs (C(OH)–C–C–N with tert-alkyl or cyclic N) is 1. The average Bonchev–Trinajstić information content (AvgIpc) is 3.08. The van der Waals surface area contributed by atoms with Crippen LogP contribution >= 0.6 is 50.4 Å². The summed E-state index contributed by atoms with van der Waals surface area (Å²) in [5, 5.41) is 20.9. The first-order chi connectivity index (χ1) is 16.3. The Morgan fingerprint density at radius 3 is 2.47 bits per heavy atom. The number of pyridine rings is 1. The lowest BCUT2D eigenvalue weighted by atomic mass is 9.73. The minimum absolute atomic E-state index is 0. The number of piperidine rings is 1. The first kappa shape index (κ1) is 29.6. The number of rotatable bonds is 5. The van der Waals surface area contributed by atoms with E-state index in [1.807, 2.05) is 24.8 Å². The second-order valence-corrected chi connectivity index (χ2v) is 11.0. The Kier molecular flexibility index (Phi) is 9.70. The number of hydrogen-bond donors (Lipinski definition) is 3. The van der Waals surface area contributed by atoms with Gasteiger partial charge in [0.15, 0.2) is 5.82 Å². The molecule has 0 amide bonds. The molecule has 0 radical (unpaired) electrons. The van der Waals surface area contributed by atoms with Crippen LogP contribution in [0.25, 0.3) is 0 Å². The third kappa shape index (κ3) is 5.42. The van der Waals surface area contributed by atoms with Crippen molar-refractivity contribution < 1.29 is 14.9 Å². The van der Waals surface area contributed by atoms with Gasteiger partial charge in [-0.1, -0.05) is 23.4 Å². The van der Waals surface area contributed by atoms with E-state index in [1.165, 1.54) is 11.8 Å². The van der Waals surface area contributed by atoms with E-state index in [4.69, 9.17) is 32.0 Å². The largest absolute Gasteiger partial charge is 0.390 e. The number of anilines is 2. The van der Waals surface area contributed by atoms with E-state index in [0.29, 0.717) is 41.3 Å². The Bertz CT molecular complexity index is 1070. The molecule has 13 heteroatoms. The van der Waals surface area contributed by atoms with Gasteiger partial charge in [-0.15, -0.1) is 0 Å². The molecule has 0 aromatic carbocycles. The van der Waals surface area contributed by atoms with Crippen LogP contribution in [0.2, 0.25) is 5.02 Å². The van der Waals surface area contributed by atoms with Crippen molar-refractivity contribution in [3.8, 4) is 0 Å². The van der Waals surface area contributed by atoms with Crippen LogP contribution in [-0.2, 0) is 11.3 Å². The fourth-order valence-electron chi connectivity index (χ4n) is 5.06. The van der Waals surface area contributed by atoms with Crippen molar-refractivity contribution in [2.45, 2.75) is 61.5 Å². The molecular weight excluding hydrogens is 540 g/mol. The summed E-state index contributed by atoms with van der Waals surface area (Å²) < 4.78 is 5.84. The van der Waals surface area contributed by atoms with E-state index in [2.05, 4.69) is 9.88 Å². The predicted molar refractivity (Wildman–Crippen MR) is 152 cm³/mol. The lowest BCUT2D eigenvalue weighted by Gasteiger charge is -2.42. The summed E-state index contributed by atoms with van der Waals surface area (Å²) in [6.07, 6.45) is 3.32. The molecular formula is C23H35ClN6O3S3. The second kappa shape index (κ2) is 11.8. The van der Waals surface area contributed by atoms with Gasteiger partial charge < -0.3 is 30.5 Å². The number of nitrogens with two attached hydrogens (primary N) is 1. The molecule has 9 nitrogen and oxygen atoms in total. The predicted octanol–water partition coefficient (Wildman–Crippen LogP) is 2.22. The molecule has 1 spiro atoms. The fourth-order valence-corrected chi connectivity index (χ4v) is 6.28. The van der Waals surface area contributed by atoms with E-state index in [0.717, 1.165) is 42.3 Å². The van der Waals surface area contributed by atoms with Gasteiger partial charge in [0.25, 0.3) is 0 Å². The summed E-state index contributed by atoms with van der Waals surface area (Å²) in [5.41, 5.74) is 7.82. The summed E-state index contributed by atoms with van der Waals surface area (Å²) in [4.78, 5) is 19.0.